The molecule has 0 amide bonds. The molecule has 0 unspecified atom stereocenters. The molecule has 1 heterocycles. The first kappa shape index (κ1) is 14.0. The molecular formula is C13H10F2O2S2. The summed E-state index contributed by atoms with van der Waals surface area (Å²) in [5.74, 6) is -3.39. The van der Waals surface area contributed by atoms with Crippen molar-refractivity contribution in [1.82, 2.24) is 0 Å². The molecule has 0 spiro atoms. The van der Waals surface area contributed by atoms with Crippen molar-refractivity contribution in [3.05, 3.63) is 40.8 Å². The number of alkyl halides is 2. The Morgan fingerprint density at radius 3 is 2.42 bits per heavy atom. The second-order valence-corrected chi connectivity index (χ2v) is 5.95. The van der Waals surface area contributed by atoms with E-state index < -0.39 is 11.7 Å². The van der Waals surface area contributed by atoms with E-state index in [1.54, 1.807) is 30.3 Å². The van der Waals surface area contributed by atoms with Gasteiger partial charge in [-0.2, -0.15) is 8.78 Å². The summed E-state index contributed by atoms with van der Waals surface area (Å²) in [6, 6.07) is 8.31. The van der Waals surface area contributed by atoms with E-state index in [1.165, 1.54) is 11.3 Å². The zero-order valence-corrected chi connectivity index (χ0v) is 11.5. The first-order valence-corrected chi connectivity index (χ1v) is 7.06. The summed E-state index contributed by atoms with van der Waals surface area (Å²) in [6.45, 7) is 1.83. The highest BCUT2D eigenvalue weighted by atomic mass is 32.2. The van der Waals surface area contributed by atoms with E-state index in [4.69, 9.17) is 5.11 Å². The van der Waals surface area contributed by atoms with E-state index in [0.717, 1.165) is 16.0 Å². The highest BCUT2D eigenvalue weighted by Gasteiger charge is 2.13. The Hall–Kier alpha value is -1.40. The summed E-state index contributed by atoms with van der Waals surface area (Å²) >= 11 is 1.68. The Morgan fingerprint density at radius 1 is 1.32 bits per heavy atom. The highest BCUT2D eigenvalue weighted by Crippen LogP contribution is 2.34. The van der Waals surface area contributed by atoms with Gasteiger partial charge in [0.15, 0.2) is 0 Å². The molecule has 1 aromatic carbocycles. The average molecular weight is 300 g/mol. The van der Waals surface area contributed by atoms with Crippen LogP contribution in [0.5, 0.6) is 0 Å². The first-order valence-electron chi connectivity index (χ1n) is 5.36. The van der Waals surface area contributed by atoms with E-state index in [2.05, 4.69) is 0 Å². The molecule has 0 aliphatic carbocycles. The minimum Gasteiger partial charge on any atom is -0.477 e. The molecule has 0 radical (unpaired) electrons. The van der Waals surface area contributed by atoms with Crippen molar-refractivity contribution in [3.8, 4) is 10.4 Å². The summed E-state index contributed by atoms with van der Waals surface area (Å²) in [5.41, 5.74) is 1.71. The number of carboxylic acids is 1. The lowest BCUT2D eigenvalue weighted by Gasteiger charge is -2.03. The van der Waals surface area contributed by atoms with Crippen molar-refractivity contribution in [2.75, 3.05) is 0 Å². The van der Waals surface area contributed by atoms with Crippen LogP contribution in [0.25, 0.3) is 10.4 Å². The van der Waals surface area contributed by atoms with Crippen molar-refractivity contribution in [2.45, 2.75) is 17.6 Å². The van der Waals surface area contributed by atoms with Gasteiger partial charge in [0.1, 0.15) is 4.88 Å². The minimum absolute atomic E-state index is 0.276. The maximum Gasteiger partial charge on any atom is 0.345 e. The van der Waals surface area contributed by atoms with Gasteiger partial charge < -0.3 is 5.11 Å². The minimum atomic E-state index is -2.44. The van der Waals surface area contributed by atoms with Gasteiger partial charge in [-0.3, -0.25) is 0 Å². The molecule has 6 heteroatoms. The maximum atomic E-state index is 12.2. The number of carboxylic acid groups (broad SMARTS) is 1. The van der Waals surface area contributed by atoms with Crippen LogP contribution in [0.4, 0.5) is 8.78 Å². The lowest BCUT2D eigenvalue weighted by Crippen LogP contribution is -1.89. The van der Waals surface area contributed by atoms with Crippen LogP contribution in [0.1, 0.15) is 15.2 Å². The Labute approximate surface area is 117 Å². The normalized spacial score (nSPS) is 10.9. The standard InChI is InChI=1S/C13H10F2O2S2/c1-7-6-10(12(16)17)19-11(7)8-2-4-9(5-3-8)18-13(14)15/h2-6,13H,1H3,(H,16,17). The molecule has 2 rings (SSSR count). The quantitative estimate of drug-likeness (QED) is 0.829. The largest absolute Gasteiger partial charge is 0.477 e. The molecule has 1 N–H and O–H groups in total. The van der Waals surface area contributed by atoms with E-state index in [1.807, 2.05) is 6.92 Å². The first-order chi connectivity index (χ1) is 8.97. The number of hydrogen-bond donors (Lipinski definition) is 1. The predicted molar refractivity (Wildman–Crippen MR) is 73.3 cm³/mol. The molecule has 100 valence electrons. The summed E-state index contributed by atoms with van der Waals surface area (Å²) in [6.07, 6.45) is 0. The monoisotopic (exact) mass is 300 g/mol. The van der Waals surface area contributed by atoms with Crippen LogP contribution in [0.3, 0.4) is 0 Å². The number of thiophene rings is 1. The van der Waals surface area contributed by atoms with Gasteiger partial charge in [0.2, 0.25) is 0 Å². The number of benzene rings is 1. The SMILES string of the molecule is Cc1cc(C(=O)O)sc1-c1ccc(SC(F)F)cc1. The van der Waals surface area contributed by atoms with Gasteiger partial charge in [-0.15, -0.1) is 11.3 Å². The molecule has 2 aromatic rings. The summed E-state index contributed by atoms with van der Waals surface area (Å²) in [4.78, 5) is 12.5. The van der Waals surface area contributed by atoms with Crippen molar-refractivity contribution >= 4 is 29.1 Å². The molecular weight excluding hydrogens is 290 g/mol. The fourth-order valence-corrected chi connectivity index (χ4v) is 3.18. The number of rotatable bonds is 4. The Kier molecular flexibility index (Phi) is 4.21. The molecule has 0 fully saturated rings. The lowest BCUT2D eigenvalue weighted by molar-refractivity contribution is 0.0702. The number of hydrogen-bond acceptors (Lipinski definition) is 3. The second kappa shape index (κ2) is 5.71. The van der Waals surface area contributed by atoms with Crippen molar-refractivity contribution in [1.29, 1.82) is 0 Å². The fourth-order valence-electron chi connectivity index (χ4n) is 1.66. The van der Waals surface area contributed by atoms with Crippen LogP contribution in [0, 0.1) is 6.92 Å². The van der Waals surface area contributed by atoms with E-state index >= 15 is 0 Å². The third kappa shape index (κ3) is 3.33. The van der Waals surface area contributed by atoms with Crippen LogP contribution in [0.15, 0.2) is 35.2 Å². The van der Waals surface area contributed by atoms with Gasteiger partial charge in [-0.25, -0.2) is 4.79 Å². The van der Waals surface area contributed by atoms with Crippen molar-refractivity contribution in [2.24, 2.45) is 0 Å². The third-order valence-electron chi connectivity index (χ3n) is 2.47. The molecule has 19 heavy (non-hydrogen) atoms. The molecule has 0 aliphatic heterocycles. The maximum absolute atomic E-state index is 12.2. The third-order valence-corrected chi connectivity index (χ3v) is 4.47. The number of aryl methyl sites for hydroxylation is 1. The molecule has 1 aromatic heterocycles. The molecule has 0 atom stereocenters. The zero-order chi connectivity index (χ0) is 14.0. The molecule has 0 saturated carbocycles. The number of carbonyl (C=O) groups is 1. The Bertz CT molecular complexity index is 591. The molecule has 0 saturated heterocycles. The van der Waals surface area contributed by atoms with Crippen molar-refractivity contribution in [3.63, 3.8) is 0 Å². The zero-order valence-electron chi connectivity index (χ0n) is 9.89. The molecule has 0 bridgehead atoms. The average Bonchev–Trinajstić information content (AvgIpc) is 2.72. The van der Waals surface area contributed by atoms with E-state index in [-0.39, 0.29) is 4.88 Å². The van der Waals surface area contributed by atoms with Crippen LogP contribution < -0.4 is 0 Å². The van der Waals surface area contributed by atoms with Crippen LogP contribution >= 0.6 is 23.1 Å². The molecule has 2 nitrogen and oxygen atoms in total. The van der Waals surface area contributed by atoms with Crippen LogP contribution in [-0.2, 0) is 0 Å². The van der Waals surface area contributed by atoms with Gasteiger partial charge in [-0.1, -0.05) is 23.9 Å². The number of aromatic carboxylic acids is 1. The van der Waals surface area contributed by atoms with Gasteiger partial charge in [0.25, 0.3) is 5.76 Å². The van der Waals surface area contributed by atoms with Crippen molar-refractivity contribution < 1.29 is 18.7 Å². The predicted octanol–water partition coefficient (Wildman–Crippen LogP) is 4.74. The number of thioether (sulfide) groups is 1. The summed E-state index contributed by atoms with van der Waals surface area (Å²) < 4.78 is 24.4. The second-order valence-electron chi connectivity index (χ2n) is 3.83. The smallest absolute Gasteiger partial charge is 0.345 e. The van der Waals surface area contributed by atoms with E-state index in [0.29, 0.717) is 16.7 Å². The van der Waals surface area contributed by atoms with Gasteiger partial charge in [-0.05, 0) is 36.2 Å². The van der Waals surface area contributed by atoms with Crippen LogP contribution in [0.2, 0.25) is 0 Å². The Morgan fingerprint density at radius 2 is 1.95 bits per heavy atom. The fraction of sp³-hybridized carbons (Fsp3) is 0.154. The lowest BCUT2D eigenvalue weighted by atomic mass is 10.1. The number of halogens is 2. The topological polar surface area (TPSA) is 37.3 Å². The summed E-state index contributed by atoms with van der Waals surface area (Å²) in [7, 11) is 0. The summed E-state index contributed by atoms with van der Waals surface area (Å²) in [5, 5.41) is 8.94. The van der Waals surface area contributed by atoms with Gasteiger partial charge >= 0.3 is 5.97 Å². The van der Waals surface area contributed by atoms with E-state index in [9.17, 15) is 13.6 Å². The van der Waals surface area contributed by atoms with Gasteiger partial charge in [0, 0.05) is 9.77 Å². The Balaban J connectivity index is 2.29. The molecule has 0 aliphatic rings. The highest BCUT2D eigenvalue weighted by molar-refractivity contribution is 7.99. The van der Waals surface area contributed by atoms with Gasteiger partial charge in [0.05, 0.1) is 0 Å². The van der Waals surface area contributed by atoms with Crippen LogP contribution in [-0.4, -0.2) is 16.8 Å².